The van der Waals surface area contributed by atoms with Gasteiger partial charge >= 0.3 is 11.7 Å². The summed E-state index contributed by atoms with van der Waals surface area (Å²) in [6, 6.07) is 3.24. The summed E-state index contributed by atoms with van der Waals surface area (Å²) >= 11 is 0. The van der Waals surface area contributed by atoms with Crippen LogP contribution in [-0.4, -0.2) is 16.1 Å². The quantitative estimate of drug-likeness (QED) is 0.711. The molecule has 0 bridgehead atoms. The Morgan fingerprint density at radius 2 is 2.21 bits per heavy atom. The molecule has 0 aliphatic rings. The van der Waals surface area contributed by atoms with E-state index in [1.54, 1.807) is 19.1 Å². The lowest BCUT2D eigenvalue weighted by Gasteiger charge is -1.98. The number of rotatable bonds is 1. The Bertz CT molecular complexity index is 564. The zero-order valence-corrected chi connectivity index (χ0v) is 7.33. The fourth-order valence-electron chi connectivity index (χ4n) is 1.38. The van der Waals surface area contributed by atoms with E-state index >= 15 is 0 Å². The van der Waals surface area contributed by atoms with Crippen molar-refractivity contribution >= 4 is 17.1 Å². The lowest BCUT2D eigenvalue weighted by atomic mass is 10.1. The maximum absolute atomic E-state index is 10.9. The van der Waals surface area contributed by atoms with Crippen LogP contribution in [0, 0.1) is 6.92 Å². The summed E-state index contributed by atoms with van der Waals surface area (Å²) in [4.78, 5) is 24.1. The van der Waals surface area contributed by atoms with Crippen molar-refractivity contribution in [1.29, 1.82) is 0 Å². The average molecular weight is 193 g/mol. The van der Waals surface area contributed by atoms with E-state index in [0.717, 1.165) is 0 Å². The molecule has 0 saturated heterocycles. The first kappa shape index (κ1) is 8.55. The van der Waals surface area contributed by atoms with Crippen molar-refractivity contribution in [2.45, 2.75) is 6.92 Å². The average Bonchev–Trinajstić information content (AvgIpc) is 2.43. The number of aryl methyl sites for hydroxylation is 1. The van der Waals surface area contributed by atoms with E-state index in [-0.39, 0.29) is 11.1 Å². The van der Waals surface area contributed by atoms with Gasteiger partial charge in [0.2, 0.25) is 0 Å². The highest BCUT2D eigenvalue weighted by atomic mass is 16.4. The largest absolute Gasteiger partial charge is 0.478 e. The minimum Gasteiger partial charge on any atom is -0.478 e. The van der Waals surface area contributed by atoms with E-state index in [2.05, 4.69) is 4.98 Å². The highest BCUT2D eigenvalue weighted by Gasteiger charge is 2.15. The van der Waals surface area contributed by atoms with Crippen LogP contribution in [0.3, 0.4) is 0 Å². The number of aromatic amines is 1. The zero-order chi connectivity index (χ0) is 10.3. The standard InChI is InChI=1S/C9H7NO4/c1-4-2-3-5-7(6(4)8(11)12)14-9(13)10-5/h2-3H,1H3,(H,10,13)(H,11,12). The molecule has 5 heteroatoms. The number of carbonyl (C=O) groups is 1. The molecule has 0 aliphatic heterocycles. The van der Waals surface area contributed by atoms with Crippen LogP contribution in [0.5, 0.6) is 0 Å². The molecule has 5 nitrogen and oxygen atoms in total. The van der Waals surface area contributed by atoms with Gasteiger partial charge in [0, 0.05) is 0 Å². The second-order valence-electron chi connectivity index (χ2n) is 2.95. The van der Waals surface area contributed by atoms with Crippen LogP contribution in [0.25, 0.3) is 11.1 Å². The normalized spacial score (nSPS) is 10.6. The minimum atomic E-state index is -1.10. The van der Waals surface area contributed by atoms with Gasteiger partial charge in [0.1, 0.15) is 5.56 Å². The molecule has 0 amide bonds. The Morgan fingerprint density at radius 3 is 2.86 bits per heavy atom. The van der Waals surface area contributed by atoms with Crippen molar-refractivity contribution in [2.24, 2.45) is 0 Å². The number of hydrogen-bond donors (Lipinski definition) is 2. The second-order valence-corrected chi connectivity index (χ2v) is 2.95. The first-order chi connectivity index (χ1) is 6.59. The number of H-pyrrole nitrogens is 1. The van der Waals surface area contributed by atoms with E-state index in [4.69, 9.17) is 9.52 Å². The molecule has 72 valence electrons. The first-order valence-electron chi connectivity index (χ1n) is 3.95. The molecule has 14 heavy (non-hydrogen) atoms. The number of aromatic nitrogens is 1. The minimum absolute atomic E-state index is 0.0286. The number of carboxylic acids is 1. The summed E-state index contributed by atoms with van der Waals surface area (Å²) < 4.78 is 4.75. The molecule has 0 spiro atoms. The number of fused-ring (bicyclic) bond motifs is 1. The molecule has 2 rings (SSSR count). The molecule has 1 aromatic heterocycles. The Balaban J connectivity index is 2.95. The fourth-order valence-corrected chi connectivity index (χ4v) is 1.38. The van der Waals surface area contributed by atoms with Crippen LogP contribution in [-0.2, 0) is 0 Å². The van der Waals surface area contributed by atoms with Gasteiger partial charge in [0.05, 0.1) is 5.52 Å². The smallest absolute Gasteiger partial charge is 0.417 e. The monoisotopic (exact) mass is 193 g/mol. The summed E-state index contributed by atoms with van der Waals surface area (Å²) in [5.74, 6) is -1.75. The highest BCUT2D eigenvalue weighted by molar-refractivity contribution is 6.01. The topological polar surface area (TPSA) is 83.3 Å². The molecule has 0 unspecified atom stereocenters. The Hall–Kier alpha value is -2.04. The van der Waals surface area contributed by atoms with Crippen LogP contribution in [0.15, 0.2) is 21.3 Å². The predicted molar refractivity (Wildman–Crippen MR) is 48.5 cm³/mol. The SMILES string of the molecule is Cc1ccc2[nH]c(=O)oc2c1C(=O)O. The Morgan fingerprint density at radius 1 is 1.50 bits per heavy atom. The van der Waals surface area contributed by atoms with E-state index in [1.807, 2.05) is 0 Å². The van der Waals surface area contributed by atoms with Gasteiger partial charge in [0.25, 0.3) is 0 Å². The molecular weight excluding hydrogens is 186 g/mol. The molecule has 0 aliphatic carbocycles. The van der Waals surface area contributed by atoms with Gasteiger partial charge in [0.15, 0.2) is 5.58 Å². The van der Waals surface area contributed by atoms with Crippen LogP contribution < -0.4 is 5.76 Å². The Labute approximate surface area is 78.0 Å². The number of aromatic carboxylic acids is 1. The third-order valence-corrected chi connectivity index (χ3v) is 2.01. The van der Waals surface area contributed by atoms with Gasteiger partial charge in [-0.05, 0) is 18.6 Å². The van der Waals surface area contributed by atoms with Crippen LogP contribution in [0.1, 0.15) is 15.9 Å². The van der Waals surface area contributed by atoms with E-state index < -0.39 is 11.7 Å². The number of hydrogen-bond acceptors (Lipinski definition) is 3. The van der Waals surface area contributed by atoms with Crippen molar-refractivity contribution in [3.8, 4) is 0 Å². The van der Waals surface area contributed by atoms with Crippen molar-refractivity contribution in [1.82, 2.24) is 4.98 Å². The van der Waals surface area contributed by atoms with Gasteiger partial charge in [-0.3, -0.25) is 4.98 Å². The van der Waals surface area contributed by atoms with Crippen molar-refractivity contribution in [2.75, 3.05) is 0 Å². The summed E-state index contributed by atoms with van der Waals surface area (Å²) in [5.41, 5.74) is 1.09. The van der Waals surface area contributed by atoms with E-state index in [0.29, 0.717) is 11.1 Å². The molecule has 2 N–H and O–H groups in total. The van der Waals surface area contributed by atoms with Crippen molar-refractivity contribution in [3.05, 3.63) is 33.8 Å². The van der Waals surface area contributed by atoms with Crippen LogP contribution in [0.2, 0.25) is 0 Å². The van der Waals surface area contributed by atoms with Crippen molar-refractivity contribution < 1.29 is 14.3 Å². The lowest BCUT2D eigenvalue weighted by molar-refractivity contribution is 0.0697. The van der Waals surface area contributed by atoms with Gasteiger partial charge in [-0.1, -0.05) is 6.07 Å². The van der Waals surface area contributed by atoms with Crippen LogP contribution in [0.4, 0.5) is 0 Å². The van der Waals surface area contributed by atoms with Gasteiger partial charge in [-0.2, -0.15) is 0 Å². The van der Waals surface area contributed by atoms with Crippen LogP contribution >= 0.6 is 0 Å². The molecular formula is C9H7NO4. The summed E-state index contributed by atoms with van der Waals surface area (Å²) in [5, 5.41) is 8.90. The molecule has 1 aromatic carbocycles. The van der Waals surface area contributed by atoms with Gasteiger partial charge in [-0.15, -0.1) is 0 Å². The molecule has 1 heterocycles. The molecule has 0 radical (unpaired) electrons. The summed E-state index contributed by atoms with van der Waals surface area (Å²) in [7, 11) is 0. The lowest BCUT2D eigenvalue weighted by Crippen LogP contribution is -1.99. The van der Waals surface area contributed by atoms with E-state index in [9.17, 15) is 9.59 Å². The van der Waals surface area contributed by atoms with Gasteiger partial charge in [-0.25, -0.2) is 9.59 Å². The molecule has 2 aromatic rings. The highest BCUT2D eigenvalue weighted by Crippen LogP contribution is 2.19. The van der Waals surface area contributed by atoms with Gasteiger partial charge < -0.3 is 9.52 Å². The number of carboxylic acid groups (broad SMARTS) is 1. The number of benzene rings is 1. The van der Waals surface area contributed by atoms with Crippen molar-refractivity contribution in [3.63, 3.8) is 0 Å². The third-order valence-electron chi connectivity index (χ3n) is 2.01. The fraction of sp³-hybridized carbons (Fsp3) is 0.111. The summed E-state index contributed by atoms with van der Waals surface area (Å²) in [6.45, 7) is 1.65. The molecule has 0 saturated carbocycles. The third kappa shape index (κ3) is 1.10. The summed E-state index contributed by atoms with van der Waals surface area (Å²) in [6.07, 6.45) is 0. The molecule has 0 atom stereocenters. The molecule has 0 fully saturated rings. The maximum Gasteiger partial charge on any atom is 0.417 e. The van der Waals surface area contributed by atoms with E-state index in [1.165, 1.54) is 0 Å². The maximum atomic E-state index is 10.9. The zero-order valence-electron chi connectivity index (χ0n) is 7.33. The number of nitrogens with one attached hydrogen (secondary N) is 1. The second kappa shape index (κ2) is 2.73. The first-order valence-corrected chi connectivity index (χ1v) is 3.95. The predicted octanol–water partition coefficient (Wildman–Crippen LogP) is 1.13. The number of oxazole rings is 1. The Kier molecular flexibility index (Phi) is 1.67.